The summed E-state index contributed by atoms with van der Waals surface area (Å²) in [5, 5.41) is 2.58. The minimum atomic E-state index is -2.32. The number of para-hydroxylation sites is 2. The Bertz CT molecular complexity index is 3260. The van der Waals surface area contributed by atoms with E-state index in [9.17, 15) is 0 Å². The van der Waals surface area contributed by atoms with E-state index >= 15 is 0 Å². The molecule has 6 heteroatoms. The van der Waals surface area contributed by atoms with Crippen molar-refractivity contribution in [1.82, 2.24) is 14.5 Å². The van der Waals surface area contributed by atoms with Gasteiger partial charge in [0.1, 0.15) is 0 Å². The van der Waals surface area contributed by atoms with Crippen molar-refractivity contribution in [2.75, 3.05) is 0 Å². The van der Waals surface area contributed by atoms with Crippen molar-refractivity contribution >= 4 is 60.2 Å². The summed E-state index contributed by atoms with van der Waals surface area (Å²) in [5.41, 5.74) is 13.2. The van der Waals surface area contributed by atoms with Crippen molar-refractivity contribution in [2.24, 2.45) is 5.92 Å². The number of hydrogen-bond donors (Lipinski definition) is 0. The first-order chi connectivity index (χ1) is 32.5. The molecule has 0 N–H and O–H groups in total. The molecule has 65 heavy (non-hydrogen) atoms. The normalized spacial score (nSPS) is 13.4. The summed E-state index contributed by atoms with van der Waals surface area (Å²) >= 11 is -0.461. The van der Waals surface area contributed by atoms with Crippen molar-refractivity contribution in [3.05, 3.63) is 167 Å². The largest absolute Gasteiger partial charge is 0 e. The number of imidazole rings is 1. The van der Waals surface area contributed by atoms with Gasteiger partial charge >= 0.3 is 139 Å². The second-order valence-electron chi connectivity index (χ2n) is 19.2. The van der Waals surface area contributed by atoms with E-state index in [1.165, 1.54) is 59.7 Å². The Kier molecular flexibility index (Phi) is 12.9. The van der Waals surface area contributed by atoms with Gasteiger partial charge in [0.05, 0.1) is 16.9 Å². The van der Waals surface area contributed by atoms with Crippen LogP contribution in [0, 0.1) is 24.9 Å². The SMILES string of the molecule is CC(C)c1ccc2c(c1)sc1c[c-]c(-c3nc4ccccc4n3-c3c(C(C)C)cc(-c4ccccc4)cc3C(C)C)cc12.[2H]C([2H])([2H])c1c[c-]c(-c2cc(C([2H])([2H])C(C)C)[c]([Ge]([CH3])([CH3])[CH3])cn2)cc1.[Ir]. The van der Waals surface area contributed by atoms with Crippen LogP contribution < -0.4 is 4.40 Å². The molecule has 0 fully saturated rings. The third-order valence-corrected chi connectivity index (χ3v) is 17.2. The molecule has 0 saturated heterocycles. The number of aryl methyl sites for hydroxylation is 1. The van der Waals surface area contributed by atoms with Crippen molar-refractivity contribution in [2.45, 2.75) is 104 Å². The fourth-order valence-corrected chi connectivity index (χ4v) is 12.6. The fourth-order valence-electron chi connectivity index (χ4n) is 8.49. The van der Waals surface area contributed by atoms with E-state index in [2.05, 4.69) is 178 Å². The molecule has 335 valence electrons. The average Bonchev–Trinajstić information content (AvgIpc) is 3.88. The number of nitrogens with zero attached hydrogens (tertiary/aromatic N) is 3. The van der Waals surface area contributed by atoms with Crippen LogP contribution in [0.25, 0.3) is 70.7 Å². The summed E-state index contributed by atoms with van der Waals surface area (Å²) in [5.74, 6) is 8.63. The second-order valence-corrected chi connectivity index (χ2v) is 30.9. The molecule has 3 nitrogen and oxygen atoms in total. The monoisotopic (exact) mass is 1120 g/mol. The van der Waals surface area contributed by atoms with Gasteiger partial charge in [0.25, 0.3) is 0 Å². The molecular weight excluding hydrogens is 1050 g/mol. The number of hydrogen-bond acceptors (Lipinski definition) is 3. The van der Waals surface area contributed by atoms with Crippen molar-refractivity contribution in [1.29, 1.82) is 0 Å². The average molecular weight is 1120 g/mol. The first-order valence-electron chi connectivity index (χ1n) is 25.2. The summed E-state index contributed by atoms with van der Waals surface area (Å²) in [6.45, 7) is 15.3. The molecule has 1 radical (unpaired) electrons. The molecule has 6 aromatic carbocycles. The smallest absolute Gasteiger partial charge is 0 e. The number of fused-ring (bicyclic) bond motifs is 4. The molecule has 0 saturated carbocycles. The van der Waals surface area contributed by atoms with Crippen molar-refractivity contribution < 1.29 is 27.0 Å². The van der Waals surface area contributed by atoms with Gasteiger partial charge in [-0.25, -0.2) is 0 Å². The van der Waals surface area contributed by atoms with Crippen LogP contribution in [-0.2, 0) is 26.5 Å². The van der Waals surface area contributed by atoms with Gasteiger partial charge in [0.15, 0.2) is 0 Å². The van der Waals surface area contributed by atoms with E-state index in [4.69, 9.17) is 11.8 Å². The van der Waals surface area contributed by atoms with Crippen LogP contribution in [0.1, 0.15) is 108 Å². The molecule has 0 bridgehead atoms. The standard InChI is InChI=1S/C40H37N2S.C19H26GeN.Ir/c1-24(2)28-16-18-31-34-20-29(17-19-37(34)43-38(31)23-28)40-41-35-14-10-11-15-36(35)42(40)39-32(25(3)4)21-30(22-33(39)26(5)6)27-12-8-7-9-13-27;1-14(2)11-17-12-19(16-9-7-15(3)8-10-16)21-13-18(17)20(4,5)6;/h7-16,18-26H,1-6H3;7-9,12-14H,11H2,1-6H3;/q2*-1;/i;3D3,11D2;. The molecule has 0 unspecified atom stereocenters. The Morgan fingerprint density at radius 3 is 2.02 bits per heavy atom. The predicted octanol–water partition coefficient (Wildman–Crippen LogP) is 16.5. The Balaban J connectivity index is 0.000000231. The Morgan fingerprint density at radius 2 is 1.38 bits per heavy atom. The third kappa shape index (κ3) is 10.3. The maximum atomic E-state index is 8.60. The number of aromatic nitrogens is 3. The zero-order chi connectivity index (χ0) is 49.7. The third-order valence-electron chi connectivity index (χ3n) is 11.9. The van der Waals surface area contributed by atoms with Gasteiger partial charge in [-0.1, -0.05) is 102 Å². The molecule has 0 aliphatic carbocycles. The van der Waals surface area contributed by atoms with E-state index in [0.29, 0.717) is 34.6 Å². The Labute approximate surface area is 415 Å². The minimum Gasteiger partial charge on any atom is 0 e. The molecule has 0 amide bonds. The number of thiophene rings is 1. The maximum absolute atomic E-state index is 8.60. The number of pyridine rings is 1. The maximum Gasteiger partial charge on any atom is 0 e. The minimum absolute atomic E-state index is 0. The van der Waals surface area contributed by atoms with Crippen LogP contribution in [0.5, 0.6) is 0 Å². The van der Waals surface area contributed by atoms with E-state index in [0.717, 1.165) is 26.8 Å². The summed E-state index contributed by atoms with van der Waals surface area (Å²) in [7, 11) is 0. The van der Waals surface area contributed by atoms with Gasteiger partial charge in [-0.2, -0.15) is 11.3 Å². The van der Waals surface area contributed by atoms with E-state index in [-0.39, 0.29) is 31.6 Å². The zero-order valence-electron chi connectivity index (χ0n) is 44.5. The van der Waals surface area contributed by atoms with Gasteiger partial charge in [-0.15, -0.1) is 23.8 Å². The van der Waals surface area contributed by atoms with Crippen LogP contribution in [0.15, 0.2) is 128 Å². The molecule has 0 atom stereocenters. The predicted molar refractivity (Wildman–Crippen MR) is 281 cm³/mol. The fraction of sp³-hybridized carbons (Fsp3) is 0.288. The van der Waals surface area contributed by atoms with Gasteiger partial charge in [0, 0.05) is 30.5 Å². The van der Waals surface area contributed by atoms with Gasteiger partial charge in [-0.05, 0) is 86.0 Å². The van der Waals surface area contributed by atoms with Crippen LogP contribution in [0.4, 0.5) is 0 Å². The van der Waals surface area contributed by atoms with Gasteiger partial charge in [0.2, 0.25) is 0 Å². The van der Waals surface area contributed by atoms with Crippen LogP contribution in [0.3, 0.4) is 0 Å². The molecule has 0 spiro atoms. The van der Waals surface area contributed by atoms with Crippen molar-refractivity contribution in [3.63, 3.8) is 0 Å². The Hall–Kier alpha value is -4.65. The summed E-state index contributed by atoms with van der Waals surface area (Å²) < 4.78 is 45.7. The summed E-state index contributed by atoms with van der Waals surface area (Å²) in [6.07, 6.45) is 0.362. The molecular formula is C59H63GeIrN3S-2. The molecule has 0 aliphatic heterocycles. The molecule has 3 heterocycles. The number of rotatable bonds is 10. The quantitative estimate of drug-likeness (QED) is 0.101. The van der Waals surface area contributed by atoms with Crippen LogP contribution in [0.2, 0.25) is 17.3 Å². The van der Waals surface area contributed by atoms with Crippen LogP contribution in [-0.4, -0.2) is 27.8 Å². The molecule has 0 aliphatic rings. The molecule has 9 aromatic rings. The molecule has 3 aromatic heterocycles. The number of benzene rings is 6. The van der Waals surface area contributed by atoms with E-state index in [1.807, 2.05) is 37.4 Å². The topological polar surface area (TPSA) is 30.7 Å². The summed E-state index contributed by atoms with van der Waals surface area (Å²) in [4.78, 5) is 9.83. The zero-order valence-corrected chi connectivity index (χ0v) is 44.8. The van der Waals surface area contributed by atoms with E-state index in [1.54, 1.807) is 12.1 Å². The summed E-state index contributed by atoms with van der Waals surface area (Å²) in [6, 6.07) is 48.7. The first kappa shape index (κ1) is 41.8. The second kappa shape index (κ2) is 20.1. The van der Waals surface area contributed by atoms with Gasteiger partial charge in [-0.3, -0.25) is 4.98 Å². The first-order valence-corrected chi connectivity index (χ1v) is 30.8. The van der Waals surface area contributed by atoms with Gasteiger partial charge < -0.3 is 4.57 Å². The van der Waals surface area contributed by atoms with Crippen molar-refractivity contribution in [3.8, 4) is 39.5 Å². The van der Waals surface area contributed by atoms with Crippen LogP contribution >= 0.6 is 11.3 Å². The Morgan fingerprint density at radius 1 is 0.692 bits per heavy atom. The van der Waals surface area contributed by atoms with E-state index < -0.39 is 26.5 Å². The molecule has 9 rings (SSSR count).